The number of aromatic nitrogens is 4. The van der Waals surface area contributed by atoms with Crippen LogP contribution >= 0.6 is 0 Å². The van der Waals surface area contributed by atoms with Gasteiger partial charge in [-0.1, -0.05) is 0 Å². The number of hydrogen-bond donors (Lipinski definition) is 5. The molecule has 1 aliphatic rings. The lowest BCUT2D eigenvalue weighted by Crippen LogP contribution is -2.43. The molecule has 114 valence electrons. The molecule has 3 heterocycles. The van der Waals surface area contributed by atoms with E-state index in [1.807, 2.05) is 0 Å². The van der Waals surface area contributed by atoms with Crippen LogP contribution in [-0.2, 0) is 10.5 Å². The van der Waals surface area contributed by atoms with E-state index in [1.165, 1.54) is 10.9 Å². The molecule has 0 spiro atoms. The summed E-state index contributed by atoms with van der Waals surface area (Å²) in [5, 5.41) is 29.4. The molecule has 4 atom stereocenters. The molecule has 1 aliphatic heterocycles. The molecule has 0 bridgehead atoms. The van der Waals surface area contributed by atoms with Gasteiger partial charge >= 0.3 is 0 Å². The summed E-state index contributed by atoms with van der Waals surface area (Å²) in [6, 6.07) is 0. The van der Waals surface area contributed by atoms with Crippen LogP contribution in [0.25, 0.3) is 11.2 Å². The van der Waals surface area contributed by atoms with Crippen LogP contribution < -0.4 is 11.5 Å². The van der Waals surface area contributed by atoms with E-state index in [9.17, 15) is 15.3 Å². The Morgan fingerprint density at radius 3 is 2.71 bits per heavy atom. The highest BCUT2D eigenvalue weighted by atomic mass is 16.6. The fourth-order valence-electron chi connectivity index (χ4n) is 2.57. The van der Waals surface area contributed by atoms with E-state index in [2.05, 4.69) is 15.0 Å². The minimum absolute atomic E-state index is 0.0444. The van der Waals surface area contributed by atoms with Crippen LogP contribution in [-0.4, -0.2) is 59.8 Å². The third-order valence-electron chi connectivity index (χ3n) is 3.74. The fraction of sp³-hybridized carbons (Fsp3) is 0.545. The number of aliphatic hydroxyl groups is 3. The Labute approximate surface area is 119 Å². The zero-order valence-corrected chi connectivity index (χ0v) is 11.2. The van der Waals surface area contributed by atoms with Crippen molar-refractivity contribution in [3.8, 4) is 0 Å². The van der Waals surface area contributed by atoms with E-state index >= 15 is 0 Å². The average Bonchev–Trinajstić information content (AvgIpc) is 2.95. The summed E-state index contributed by atoms with van der Waals surface area (Å²) in [7, 11) is 0. The first-order chi connectivity index (χ1) is 9.88. The number of ether oxygens (including phenoxy) is 1. The van der Waals surface area contributed by atoms with Crippen molar-refractivity contribution in [2.24, 2.45) is 0 Å². The average molecular weight is 296 g/mol. The monoisotopic (exact) mass is 296 g/mol. The fourth-order valence-corrected chi connectivity index (χ4v) is 2.57. The summed E-state index contributed by atoms with van der Waals surface area (Å²) in [5.41, 5.74) is 10.5. The number of hydrogen-bond acceptors (Lipinski definition) is 9. The molecule has 0 amide bonds. The number of aliphatic hydroxyl groups excluding tert-OH is 3. The molecule has 10 nitrogen and oxygen atoms in total. The number of anilines is 2. The number of rotatable bonds is 2. The summed E-state index contributed by atoms with van der Waals surface area (Å²) < 4.78 is 7.00. The molecular weight excluding hydrogens is 280 g/mol. The smallest absolute Gasteiger partial charge is 0.224 e. The van der Waals surface area contributed by atoms with Crippen LogP contribution in [0.15, 0.2) is 6.33 Å². The van der Waals surface area contributed by atoms with Crippen molar-refractivity contribution in [3.05, 3.63) is 6.33 Å². The van der Waals surface area contributed by atoms with Crippen LogP contribution in [0.3, 0.4) is 0 Å². The second kappa shape index (κ2) is 4.49. The van der Waals surface area contributed by atoms with Crippen molar-refractivity contribution in [1.82, 2.24) is 19.5 Å². The quantitative estimate of drug-likeness (QED) is 0.412. The number of fused-ring (bicyclic) bond motifs is 1. The zero-order chi connectivity index (χ0) is 15.4. The van der Waals surface area contributed by atoms with Gasteiger partial charge in [0.2, 0.25) is 5.95 Å². The first kappa shape index (κ1) is 13.9. The van der Waals surface area contributed by atoms with Crippen LogP contribution in [0.5, 0.6) is 0 Å². The maximum atomic E-state index is 10.2. The number of nitrogens with zero attached hydrogens (tertiary/aromatic N) is 4. The second-order valence-corrected chi connectivity index (χ2v) is 5.08. The van der Waals surface area contributed by atoms with E-state index in [1.54, 1.807) is 6.92 Å². The van der Waals surface area contributed by atoms with Gasteiger partial charge in [-0.2, -0.15) is 9.97 Å². The first-order valence-electron chi connectivity index (χ1n) is 6.30. The van der Waals surface area contributed by atoms with Gasteiger partial charge in [-0.05, 0) is 6.92 Å². The van der Waals surface area contributed by atoms with Crippen LogP contribution in [0.1, 0.15) is 6.92 Å². The second-order valence-electron chi connectivity index (χ2n) is 5.08. The summed E-state index contributed by atoms with van der Waals surface area (Å²) >= 11 is 0. The van der Waals surface area contributed by atoms with Gasteiger partial charge in [-0.3, -0.25) is 4.57 Å². The van der Waals surface area contributed by atoms with Gasteiger partial charge in [0.25, 0.3) is 0 Å². The summed E-state index contributed by atoms with van der Waals surface area (Å²) in [5.74, 6) is 0.0590. The standard InChI is InChI=1S/C11H16N6O4/c1-11(7(20)6(19)4(2-18)21-11)17-3-14-5-8(12)15-10(13)16-9(5)17/h3-4,6-7,18-20H,2H2,1H3,(H4,12,13,15,16)/t4-,6-,7-,11?/m1/s1. The van der Waals surface area contributed by atoms with Gasteiger partial charge in [0.15, 0.2) is 17.2 Å². The van der Waals surface area contributed by atoms with Crippen molar-refractivity contribution < 1.29 is 20.1 Å². The Morgan fingerprint density at radius 1 is 1.38 bits per heavy atom. The topological polar surface area (TPSA) is 166 Å². The molecule has 10 heteroatoms. The highest BCUT2D eigenvalue weighted by Gasteiger charge is 2.52. The lowest BCUT2D eigenvalue weighted by atomic mass is 10.0. The molecule has 2 aromatic rings. The van der Waals surface area contributed by atoms with Gasteiger partial charge in [0.1, 0.15) is 23.8 Å². The zero-order valence-electron chi connectivity index (χ0n) is 11.2. The molecule has 0 saturated carbocycles. The van der Waals surface area contributed by atoms with Gasteiger partial charge in [-0.25, -0.2) is 4.98 Å². The van der Waals surface area contributed by atoms with Gasteiger partial charge in [0.05, 0.1) is 12.9 Å². The Kier molecular flexibility index (Phi) is 2.99. The summed E-state index contributed by atoms with van der Waals surface area (Å²) in [6.07, 6.45) is -2.08. The van der Waals surface area contributed by atoms with Crippen molar-refractivity contribution in [3.63, 3.8) is 0 Å². The van der Waals surface area contributed by atoms with E-state index in [0.29, 0.717) is 5.52 Å². The Morgan fingerprint density at radius 2 is 2.10 bits per heavy atom. The highest BCUT2D eigenvalue weighted by Crippen LogP contribution is 2.37. The molecule has 21 heavy (non-hydrogen) atoms. The predicted molar refractivity (Wildman–Crippen MR) is 71.8 cm³/mol. The van der Waals surface area contributed by atoms with Gasteiger partial charge in [0, 0.05) is 0 Å². The normalized spacial score (nSPS) is 32.9. The maximum absolute atomic E-state index is 10.2. The molecule has 0 aliphatic carbocycles. The third kappa shape index (κ3) is 1.84. The molecule has 7 N–H and O–H groups in total. The Bertz CT molecular complexity index is 691. The molecule has 3 rings (SSSR count). The van der Waals surface area contributed by atoms with Crippen molar-refractivity contribution >= 4 is 22.9 Å². The van der Waals surface area contributed by atoms with Crippen molar-refractivity contribution in [1.29, 1.82) is 0 Å². The van der Waals surface area contributed by atoms with E-state index in [-0.39, 0.29) is 17.4 Å². The first-order valence-corrected chi connectivity index (χ1v) is 6.30. The number of imidazole rings is 1. The molecule has 2 aromatic heterocycles. The minimum atomic E-state index is -1.37. The highest BCUT2D eigenvalue weighted by molar-refractivity contribution is 5.82. The van der Waals surface area contributed by atoms with Crippen molar-refractivity contribution in [2.75, 3.05) is 18.1 Å². The SMILES string of the molecule is CC1(n2cnc3c(N)nc(N)nc32)O[C@H](CO)[C@@H](O)[C@H]1O. The lowest BCUT2D eigenvalue weighted by molar-refractivity contribution is -0.132. The third-order valence-corrected chi connectivity index (χ3v) is 3.74. The Hall–Kier alpha value is -2.01. The molecule has 1 fully saturated rings. The largest absolute Gasteiger partial charge is 0.394 e. The Balaban J connectivity index is 2.16. The van der Waals surface area contributed by atoms with Crippen LogP contribution in [0.4, 0.5) is 11.8 Å². The molecular formula is C11H16N6O4. The van der Waals surface area contributed by atoms with Crippen LogP contribution in [0, 0.1) is 0 Å². The van der Waals surface area contributed by atoms with Gasteiger partial charge < -0.3 is 31.5 Å². The predicted octanol–water partition coefficient (Wildman–Crippen LogP) is -2.22. The molecule has 1 unspecified atom stereocenters. The van der Waals surface area contributed by atoms with Crippen LogP contribution in [0.2, 0.25) is 0 Å². The number of nitrogen functional groups attached to an aromatic ring is 2. The van der Waals surface area contributed by atoms with E-state index < -0.39 is 30.6 Å². The van der Waals surface area contributed by atoms with E-state index in [4.69, 9.17) is 16.2 Å². The molecule has 0 aromatic carbocycles. The van der Waals surface area contributed by atoms with Gasteiger partial charge in [-0.15, -0.1) is 0 Å². The molecule has 1 saturated heterocycles. The summed E-state index contributed by atoms with van der Waals surface area (Å²) in [6.45, 7) is 1.12. The lowest BCUT2D eigenvalue weighted by Gasteiger charge is -2.29. The van der Waals surface area contributed by atoms with E-state index in [0.717, 1.165) is 0 Å². The molecule has 0 radical (unpaired) electrons. The minimum Gasteiger partial charge on any atom is -0.394 e. The summed E-state index contributed by atoms with van der Waals surface area (Å²) in [4.78, 5) is 11.9. The number of nitrogens with two attached hydrogens (primary N) is 2. The maximum Gasteiger partial charge on any atom is 0.224 e. The van der Waals surface area contributed by atoms with Crippen molar-refractivity contribution in [2.45, 2.75) is 31.0 Å².